The quantitative estimate of drug-likeness (QED) is 0.687. The smallest absolute Gasteiger partial charge is 0.507 e. The Bertz CT molecular complexity index is 528. The second-order valence-electron chi connectivity index (χ2n) is 3.46. The molecule has 102 valence electrons. The van der Waals surface area contributed by atoms with Gasteiger partial charge in [0.2, 0.25) is 0 Å². The Morgan fingerprint density at radius 2 is 1.67 bits per heavy atom. The van der Waals surface area contributed by atoms with Crippen molar-refractivity contribution in [3.8, 4) is 5.75 Å². The minimum Gasteiger partial charge on any atom is -0.507 e. The summed E-state index contributed by atoms with van der Waals surface area (Å²) in [4.78, 5) is 0.149. The highest BCUT2D eigenvalue weighted by Gasteiger charge is 2.48. The Labute approximate surface area is 106 Å². The summed E-state index contributed by atoms with van der Waals surface area (Å²) in [6.45, 7) is 3.06. The molecule has 0 fully saturated rings. The second-order valence-corrected chi connectivity index (χ2v) is 6.01. The fourth-order valence-corrected chi connectivity index (χ4v) is 2.52. The normalized spacial score (nSPS) is 12.7. The maximum absolute atomic E-state index is 12.0. The average Bonchev–Trinajstić information content (AvgIpc) is 2.21. The van der Waals surface area contributed by atoms with Gasteiger partial charge in [-0.25, -0.2) is 0 Å². The minimum atomic E-state index is -5.63. The molecule has 0 aliphatic carbocycles. The van der Waals surface area contributed by atoms with Crippen LogP contribution in [-0.2, 0) is 13.7 Å². The van der Waals surface area contributed by atoms with E-state index in [2.05, 4.69) is 3.63 Å². The van der Waals surface area contributed by atoms with Crippen molar-refractivity contribution >= 4 is 22.2 Å². The number of aryl methyl sites for hydroxylation is 2. The monoisotopic (exact) mass is 302 g/mol. The van der Waals surface area contributed by atoms with Crippen molar-refractivity contribution < 1.29 is 30.3 Å². The van der Waals surface area contributed by atoms with E-state index in [9.17, 15) is 26.7 Å². The van der Waals surface area contributed by atoms with Crippen LogP contribution in [0.4, 0.5) is 13.2 Å². The molecule has 0 aliphatic rings. The summed E-state index contributed by atoms with van der Waals surface area (Å²) in [6, 6.07) is 2.64. The molecule has 1 N–H and O–H groups in total. The Balaban J connectivity index is 2.89. The Morgan fingerprint density at radius 3 is 2.06 bits per heavy atom. The first kappa shape index (κ1) is 15.1. The molecule has 0 spiro atoms. The van der Waals surface area contributed by atoms with Crippen molar-refractivity contribution in [3.63, 3.8) is 0 Å². The molecule has 4 nitrogen and oxygen atoms in total. The standard InChI is InChI=1S/C9H9F3O4S2/c1-5-3-7(4-6(2)8(5)13)17-16-18(14,15)9(10,11)12/h3-4,13H,1-2H3. The van der Waals surface area contributed by atoms with E-state index < -0.39 is 15.6 Å². The fraction of sp³-hybridized carbons (Fsp3) is 0.333. The molecule has 0 amide bonds. The van der Waals surface area contributed by atoms with Crippen molar-refractivity contribution in [1.82, 2.24) is 0 Å². The Morgan fingerprint density at radius 1 is 1.22 bits per heavy atom. The van der Waals surface area contributed by atoms with E-state index in [0.717, 1.165) is 0 Å². The van der Waals surface area contributed by atoms with E-state index in [1.165, 1.54) is 26.0 Å². The van der Waals surface area contributed by atoms with Gasteiger partial charge in [-0.05, 0) is 37.1 Å². The summed E-state index contributed by atoms with van der Waals surface area (Å²) >= 11 is 0.0722. The molecular weight excluding hydrogens is 293 g/mol. The molecule has 18 heavy (non-hydrogen) atoms. The first-order chi connectivity index (χ1) is 8.04. The molecule has 1 aromatic carbocycles. The first-order valence-corrected chi connectivity index (χ1v) is 6.67. The minimum absolute atomic E-state index is 0.00183. The van der Waals surface area contributed by atoms with Crippen molar-refractivity contribution in [2.45, 2.75) is 24.3 Å². The van der Waals surface area contributed by atoms with Gasteiger partial charge in [-0.1, -0.05) is 0 Å². The van der Waals surface area contributed by atoms with Gasteiger partial charge in [-0.15, -0.1) is 0 Å². The molecule has 0 aliphatic heterocycles. The summed E-state index contributed by atoms with van der Waals surface area (Å²) in [5, 5.41) is 9.44. The summed E-state index contributed by atoms with van der Waals surface area (Å²) in [6.07, 6.45) is 0. The molecule has 0 aromatic heterocycles. The zero-order valence-corrected chi connectivity index (χ0v) is 10.9. The van der Waals surface area contributed by atoms with Crippen molar-refractivity contribution in [2.75, 3.05) is 0 Å². The van der Waals surface area contributed by atoms with Gasteiger partial charge >= 0.3 is 15.6 Å². The molecule has 1 aromatic rings. The lowest BCUT2D eigenvalue weighted by Crippen LogP contribution is -2.23. The van der Waals surface area contributed by atoms with Crippen LogP contribution in [0.2, 0.25) is 0 Å². The van der Waals surface area contributed by atoms with Gasteiger partial charge in [0.05, 0.1) is 0 Å². The van der Waals surface area contributed by atoms with E-state index in [0.29, 0.717) is 11.1 Å². The van der Waals surface area contributed by atoms with Crippen LogP contribution in [0.1, 0.15) is 11.1 Å². The van der Waals surface area contributed by atoms with Crippen LogP contribution in [-0.4, -0.2) is 19.0 Å². The van der Waals surface area contributed by atoms with E-state index in [1.807, 2.05) is 0 Å². The molecule has 9 heteroatoms. The van der Waals surface area contributed by atoms with Gasteiger partial charge in [0.25, 0.3) is 0 Å². The maximum atomic E-state index is 12.0. The van der Waals surface area contributed by atoms with Gasteiger partial charge < -0.3 is 5.11 Å². The Kier molecular flexibility index (Phi) is 4.19. The number of aromatic hydroxyl groups is 1. The largest absolute Gasteiger partial charge is 0.524 e. The third-order valence-electron chi connectivity index (χ3n) is 1.97. The maximum Gasteiger partial charge on any atom is 0.524 e. The van der Waals surface area contributed by atoms with E-state index in [1.54, 1.807) is 0 Å². The SMILES string of the molecule is Cc1cc(SOS(=O)(=O)C(F)(F)F)cc(C)c1O. The predicted molar refractivity (Wildman–Crippen MR) is 59.5 cm³/mol. The molecule has 1 rings (SSSR count). The molecule has 0 saturated heterocycles. The van der Waals surface area contributed by atoms with Crippen LogP contribution < -0.4 is 0 Å². The first-order valence-electron chi connectivity index (χ1n) is 4.52. The summed E-state index contributed by atoms with van der Waals surface area (Å²) in [7, 11) is -5.63. The number of benzene rings is 1. The molecule has 0 bridgehead atoms. The summed E-state index contributed by atoms with van der Waals surface area (Å²) < 4.78 is 61.1. The number of phenolic OH excluding ortho intramolecular Hbond substituents is 1. The van der Waals surface area contributed by atoms with E-state index in [4.69, 9.17) is 0 Å². The van der Waals surface area contributed by atoms with Gasteiger partial charge in [-0.3, -0.25) is 0 Å². The average molecular weight is 302 g/mol. The van der Waals surface area contributed by atoms with Crippen LogP contribution in [0.3, 0.4) is 0 Å². The number of alkyl halides is 3. The predicted octanol–water partition coefficient (Wildman–Crippen LogP) is 2.88. The van der Waals surface area contributed by atoms with E-state index >= 15 is 0 Å². The zero-order valence-electron chi connectivity index (χ0n) is 9.28. The van der Waals surface area contributed by atoms with Crippen LogP contribution in [0.25, 0.3) is 0 Å². The highest BCUT2D eigenvalue weighted by Crippen LogP contribution is 2.33. The topological polar surface area (TPSA) is 63.6 Å². The van der Waals surface area contributed by atoms with Crippen molar-refractivity contribution in [2.24, 2.45) is 0 Å². The van der Waals surface area contributed by atoms with E-state index in [-0.39, 0.29) is 22.7 Å². The summed E-state index contributed by atoms with van der Waals surface area (Å²) in [5.41, 5.74) is -4.64. The highest BCUT2D eigenvalue weighted by atomic mass is 32.3. The van der Waals surface area contributed by atoms with Gasteiger partial charge in [-0.2, -0.15) is 25.2 Å². The lowest BCUT2D eigenvalue weighted by Gasteiger charge is -2.09. The molecule has 0 heterocycles. The number of hydrogen-bond donors (Lipinski definition) is 1. The molecular formula is C9H9F3O4S2. The van der Waals surface area contributed by atoms with Gasteiger partial charge in [0, 0.05) is 16.9 Å². The fourth-order valence-electron chi connectivity index (χ4n) is 1.09. The lowest BCUT2D eigenvalue weighted by atomic mass is 10.1. The molecule has 0 unspecified atom stereocenters. The number of phenols is 1. The highest BCUT2D eigenvalue weighted by molar-refractivity contribution is 8.04. The third kappa shape index (κ3) is 3.30. The molecule has 0 atom stereocenters. The number of rotatable bonds is 3. The van der Waals surface area contributed by atoms with Gasteiger partial charge in [0.1, 0.15) is 5.75 Å². The lowest BCUT2D eigenvalue weighted by molar-refractivity contribution is -0.0494. The molecule has 0 radical (unpaired) electrons. The van der Waals surface area contributed by atoms with Crippen molar-refractivity contribution in [3.05, 3.63) is 23.3 Å². The van der Waals surface area contributed by atoms with Crippen LogP contribution in [0, 0.1) is 13.8 Å². The number of hydrogen-bond acceptors (Lipinski definition) is 5. The molecule has 0 saturated carbocycles. The number of halogens is 3. The van der Waals surface area contributed by atoms with Crippen molar-refractivity contribution in [1.29, 1.82) is 0 Å². The Hall–Kier alpha value is -0.930. The van der Waals surface area contributed by atoms with Crippen LogP contribution in [0.15, 0.2) is 17.0 Å². The second kappa shape index (κ2) is 4.98. The summed E-state index contributed by atoms with van der Waals surface area (Å²) in [5.74, 6) is -0.00183. The van der Waals surface area contributed by atoms with Crippen LogP contribution >= 0.6 is 12.0 Å². The third-order valence-corrected chi connectivity index (χ3v) is 3.95. The van der Waals surface area contributed by atoms with Crippen LogP contribution in [0.5, 0.6) is 5.75 Å². The van der Waals surface area contributed by atoms with Gasteiger partial charge in [0.15, 0.2) is 0 Å². The zero-order chi connectivity index (χ0) is 14.1.